The Morgan fingerprint density at radius 1 is 1.35 bits per heavy atom. The molecule has 2 rings (SSSR count). The number of hydrogen-bond acceptors (Lipinski definition) is 6. The lowest BCUT2D eigenvalue weighted by Gasteiger charge is -2.31. The first kappa shape index (κ1) is 20.3. The smallest absolute Gasteiger partial charge is 0.312 e. The second-order valence-electron chi connectivity index (χ2n) is 6.49. The molecule has 0 saturated carbocycles. The van der Waals surface area contributed by atoms with Crippen molar-refractivity contribution in [1.29, 1.82) is 0 Å². The van der Waals surface area contributed by atoms with Gasteiger partial charge in [0.05, 0.1) is 10.7 Å². The van der Waals surface area contributed by atoms with Crippen LogP contribution in [0, 0.1) is 24.0 Å². The maximum absolute atomic E-state index is 12.2. The number of hydrogen-bond donors (Lipinski definition) is 1. The van der Waals surface area contributed by atoms with Crippen LogP contribution in [-0.2, 0) is 21.4 Å². The summed E-state index contributed by atoms with van der Waals surface area (Å²) < 4.78 is 26.9. The van der Waals surface area contributed by atoms with Crippen LogP contribution in [0.15, 0.2) is 0 Å². The number of aryl methyl sites for hydroxylation is 1. The minimum atomic E-state index is -3.21. The number of piperidine rings is 1. The highest BCUT2D eigenvalue weighted by Crippen LogP contribution is 2.21. The van der Waals surface area contributed by atoms with Gasteiger partial charge in [0.2, 0.25) is 15.9 Å². The monoisotopic (exact) mass is 387 g/mol. The molecule has 1 fully saturated rings. The molecule has 1 saturated heterocycles. The fourth-order valence-corrected chi connectivity index (χ4v) is 4.72. The minimum Gasteiger partial charge on any atom is -0.352 e. The van der Waals surface area contributed by atoms with Crippen LogP contribution >= 0.6 is 0 Å². The zero-order valence-electron chi connectivity index (χ0n) is 15.3. The summed E-state index contributed by atoms with van der Waals surface area (Å²) in [6.45, 7) is 5.59. The van der Waals surface area contributed by atoms with E-state index in [0.717, 1.165) is 0 Å². The third-order valence-electron chi connectivity index (χ3n) is 4.49. The third kappa shape index (κ3) is 4.58. The molecule has 146 valence electrons. The lowest BCUT2D eigenvalue weighted by Crippen LogP contribution is -2.47. The average molecular weight is 387 g/mol. The summed E-state index contributed by atoms with van der Waals surface area (Å²) in [7, 11) is -3.21. The van der Waals surface area contributed by atoms with Crippen molar-refractivity contribution in [2.75, 3.05) is 18.8 Å². The van der Waals surface area contributed by atoms with Crippen molar-refractivity contribution in [3.8, 4) is 0 Å². The second-order valence-corrected chi connectivity index (χ2v) is 8.58. The maximum Gasteiger partial charge on any atom is 0.312 e. The van der Waals surface area contributed by atoms with Crippen LogP contribution in [0.3, 0.4) is 0 Å². The number of carbonyl (C=O) groups excluding carboxylic acids is 1. The fraction of sp³-hybridized carbons (Fsp3) is 0.733. The van der Waals surface area contributed by atoms with Crippen molar-refractivity contribution >= 4 is 21.6 Å². The van der Waals surface area contributed by atoms with Gasteiger partial charge in [-0.2, -0.15) is 5.10 Å². The summed E-state index contributed by atoms with van der Waals surface area (Å²) >= 11 is 0. The van der Waals surface area contributed by atoms with Crippen LogP contribution < -0.4 is 5.32 Å². The molecule has 0 bridgehead atoms. The highest BCUT2D eigenvalue weighted by Gasteiger charge is 2.28. The zero-order valence-corrected chi connectivity index (χ0v) is 16.1. The first-order valence-electron chi connectivity index (χ1n) is 8.61. The van der Waals surface area contributed by atoms with Crippen LogP contribution in [0.5, 0.6) is 0 Å². The number of nitrogens with zero attached hydrogens (tertiary/aromatic N) is 4. The third-order valence-corrected chi connectivity index (χ3v) is 6.57. The molecule has 1 aliphatic rings. The lowest BCUT2D eigenvalue weighted by molar-refractivity contribution is -0.386. The molecule has 1 aromatic heterocycles. The number of nitro groups is 1. The summed E-state index contributed by atoms with van der Waals surface area (Å²) in [6, 6.07) is -0.109. The summed E-state index contributed by atoms with van der Waals surface area (Å²) in [5.41, 5.74) is 0.533. The molecule has 26 heavy (non-hydrogen) atoms. The van der Waals surface area contributed by atoms with Gasteiger partial charge in [0.25, 0.3) is 0 Å². The van der Waals surface area contributed by atoms with Crippen molar-refractivity contribution in [1.82, 2.24) is 19.4 Å². The van der Waals surface area contributed by atoms with Gasteiger partial charge in [-0.1, -0.05) is 6.92 Å². The fourth-order valence-electron chi connectivity index (χ4n) is 3.18. The molecule has 1 aliphatic heterocycles. The van der Waals surface area contributed by atoms with Crippen LogP contribution in [0.1, 0.15) is 37.6 Å². The highest BCUT2D eigenvalue weighted by atomic mass is 32.2. The summed E-state index contributed by atoms with van der Waals surface area (Å²) in [4.78, 5) is 22.7. The van der Waals surface area contributed by atoms with Crippen molar-refractivity contribution in [3.05, 3.63) is 21.5 Å². The van der Waals surface area contributed by atoms with Crippen LogP contribution in [0.2, 0.25) is 0 Å². The Bertz CT molecular complexity index is 781. The maximum atomic E-state index is 12.2. The molecule has 0 radical (unpaired) electrons. The molecule has 1 N–H and O–H groups in total. The van der Waals surface area contributed by atoms with E-state index in [1.807, 2.05) is 6.92 Å². The molecule has 0 spiro atoms. The van der Waals surface area contributed by atoms with E-state index >= 15 is 0 Å². The molecule has 11 heteroatoms. The molecular formula is C15H25N5O5S. The van der Waals surface area contributed by atoms with Gasteiger partial charge in [-0.25, -0.2) is 12.7 Å². The van der Waals surface area contributed by atoms with Gasteiger partial charge in [0, 0.05) is 19.1 Å². The van der Waals surface area contributed by atoms with E-state index in [1.165, 1.54) is 15.9 Å². The van der Waals surface area contributed by atoms with Gasteiger partial charge in [-0.05, 0) is 33.1 Å². The summed E-state index contributed by atoms with van der Waals surface area (Å²) in [6.07, 6.45) is 1.67. The van der Waals surface area contributed by atoms with Gasteiger partial charge in [-0.3, -0.25) is 19.6 Å². The Hall–Kier alpha value is -2.01. The number of rotatable bonds is 7. The first-order valence-corrected chi connectivity index (χ1v) is 10.2. The predicted octanol–water partition coefficient (Wildman–Crippen LogP) is 0.729. The quantitative estimate of drug-likeness (QED) is 0.543. The summed E-state index contributed by atoms with van der Waals surface area (Å²) in [5.74, 6) is -0.152. The van der Waals surface area contributed by atoms with Crippen molar-refractivity contribution in [2.45, 2.75) is 52.6 Å². The number of nitrogens with one attached hydrogen (secondary N) is 1. The van der Waals surface area contributed by atoms with Crippen molar-refractivity contribution < 1.29 is 18.1 Å². The van der Waals surface area contributed by atoms with Crippen LogP contribution in [-0.4, -0.2) is 58.2 Å². The SMILES string of the molecule is CCCS(=O)(=O)N1CCC(NC(=O)Cn2nc(C)c([N+](=O)[O-])c2C)CC1. The van der Waals surface area contributed by atoms with Gasteiger partial charge >= 0.3 is 5.69 Å². The molecule has 0 aromatic carbocycles. The number of carbonyl (C=O) groups is 1. The molecule has 10 nitrogen and oxygen atoms in total. The zero-order chi connectivity index (χ0) is 19.5. The Labute approximate surface area is 152 Å². The van der Waals surface area contributed by atoms with E-state index in [1.54, 1.807) is 6.92 Å². The average Bonchev–Trinajstić information content (AvgIpc) is 2.81. The molecule has 0 atom stereocenters. The standard InChI is InChI=1S/C15H25N5O5S/c1-4-9-26(24,25)18-7-5-13(6-8-18)16-14(21)10-19-12(3)15(20(22)23)11(2)17-19/h13H,4-10H2,1-3H3,(H,16,21). The number of amides is 1. The lowest BCUT2D eigenvalue weighted by atomic mass is 10.1. The predicted molar refractivity (Wildman–Crippen MR) is 95.2 cm³/mol. The Kier molecular flexibility index (Phi) is 6.34. The van der Waals surface area contributed by atoms with Crippen molar-refractivity contribution in [2.24, 2.45) is 0 Å². The molecular weight excluding hydrogens is 362 g/mol. The van der Waals surface area contributed by atoms with E-state index in [9.17, 15) is 23.3 Å². The van der Waals surface area contributed by atoms with E-state index in [2.05, 4.69) is 10.4 Å². The Morgan fingerprint density at radius 3 is 2.46 bits per heavy atom. The number of sulfonamides is 1. The molecule has 0 aliphatic carbocycles. The van der Waals surface area contributed by atoms with Gasteiger partial charge in [-0.15, -0.1) is 0 Å². The van der Waals surface area contributed by atoms with E-state index in [-0.39, 0.29) is 35.6 Å². The van der Waals surface area contributed by atoms with Gasteiger partial charge in [0.15, 0.2) is 0 Å². The summed E-state index contributed by atoms with van der Waals surface area (Å²) in [5, 5.41) is 17.9. The van der Waals surface area contributed by atoms with E-state index < -0.39 is 14.9 Å². The topological polar surface area (TPSA) is 127 Å². The molecule has 1 aromatic rings. The Morgan fingerprint density at radius 2 is 1.96 bits per heavy atom. The number of aromatic nitrogens is 2. The van der Waals surface area contributed by atoms with Gasteiger partial charge in [0.1, 0.15) is 17.9 Å². The van der Waals surface area contributed by atoms with Crippen LogP contribution in [0.4, 0.5) is 5.69 Å². The molecule has 1 amide bonds. The minimum absolute atomic E-state index is 0.0766. The first-order chi connectivity index (χ1) is 12.2. The van der Waals surface area contributed by atoms with E-state index in [4.69, 9.17) is 0 Å². The second kappa shape index (κ2) is 8.12. The van der Waals surface area contributed by atoms with Gasteiger partial charge < -0.3 is 5.32 Å². The van der Waals surface area contributed by atoms with Crippen molar-refractivity contribution in [3.63, 3.8) is 0 Å². The highest BCUT2D eigenvalue weighted by molar-refractivity contribution is 7.89. The largest absolute Gasteiger partial charge is 0.352 e. The molecule has 2 heterocycles. The molecule has 0 unspecified atom stereocenters. The van der Waals surface area contributed by atoms with Crippen LogP contribution in [0.25, 0.3) is 0 Å². The normalized spacial score (nSPS) is 16.6. The van der Waals surface area contributed by atoms with E-state index in [0.29, 0.717) is 38.0 Å². The Balaban J connectivity index is 1.90.